The first-order valence-corrected chi connectivity index (χ1v) is 30.9. The number of aliphatic hydroxyl groups is 4. The topological polar surface area (TPSA) is 110 Å². The average Bonchev–Trinajstić information content (AvgIpc) is 3.33. The van der Waals surface area contributed by atoms with Crippen LogP contribution in [0.4, 0.5) is 0 Å². The van der Waals surface area contributed by atoms with Crippen molar-refractivity contribution in [2.75, 3.05) is 6.61 Å². The first-order valence-electron chi connectivity index (χ1n) is 30.9. The molecule has 0 radical (unpaired) electrons. The minimum absolute atomic E-state index is 0.376. The van der Waals surface area contributed by atoms with Gasteiger partial charge in [0, 0.05) is 0 Å². The number of amides is 1. The Bertz CT molecular complexity index is 933. The number of carbonyl (C=O) groups excluding carboxylic acids is 1. The third kappa shape index (κ3) is 50.1. The van der Waals surface area contributed by atoms with Crippen LogP contribution in [0, 0.1) is 0 Å². The Hall–Kier alpha value is -0.690. The predicted molar refractivity (Wildman–Crippen MR) is 293 cm³/mol. The molecule has 4 unspecified atom stereocenters. The molecule has 0 spiro atoms. The van der Waals surface area contributed by atoms with Crippen molar-refractivity contribution < 1.29 is 25.2 Å². The molecule has 0 aromatic carbocycles. The van der Waals surface area contributed by atoms with E-state index >= 15 is 0 Å². The van der Waals surface area contributed by atoms with Crippen molar-refractivity contribution in [3.63, 3.8) is 0 Å². The molecule has 1 amide bonds. The van der Waals surface area contributed by atoms with E-state index in [2.05, 4.69) is 19.2 Å². The third-order valence-corrected chi connectivity index (χ3v) is 15.1. The lowest BCUT2D eigenvalue weighted by atomic mass is 9.99. The summed E-state index contributed by atoms with van der Waals surface area (Å²) in [6.45, 7) is 4.09. The highest BCUT2D eigenvalue weighted by Gasteiger charge is 2.28. The minimum atomic E-state index is -1.25. The number of hydrogen-bond acceptors (Lipinski definition) is 5. The standard InChI is InChI=1S/C61H123NO5/c1-3-5-7-9-11-13-15-17-19-20-21-22-23-24-25-26-27-28-29-30-31-32-33-34-35-36-37-38-39-41-43-45-47-49-51-53-55-59(65)61(67)62-57(56-63)60(66)58(64)54-52-50-48-46-44-42-40-18-16-14-12-10-8-6-4-2/h57-60,63-66H,3-56H2,1-2H3,(H,62,67). The highest BCUT2D eigenvalue weighted by Crippen LogP contribution is 2.19. The summed E-state index contributed by atoms with van der Waals surface area (Å²) in [5.74, 6) is -0.575. The first-order chi connectivity index (χ1) is 33.0. The van der Waals surface area contributed by atoms with Gasteiger partial charge in [0.25, 0.3) is 0 Å². The minimum Gasteiger partial charge on any atom is -0.394 e. The summed E-state index contributed by atoms with van der Waals surface area (Å²) in [7, 11) is 0. The summed E-state index contributed by atoms with van der Waals surface area (Å²) in [6.07, 6.45) is 66.4. The van der Waals surface area contributed by atoms with Crippen molar-refractivity contribution in [1.82, 2.24) is 5.32 Å². The van der Waals surface area contributed by atoms with Crippen molar-refractivity contribution in [1.29, 1.82) is 0 Å². The quantitative estimate of drug-likeness (QED) is 0.0390. The molecule has 402 valence electrons. The van der Waals surface area contributed by atoms with Crippen molar-refractivity contribution in [3.05, 3.63) is 0 Å². The second-order valence-corrected chi connectivity index (χ2v) is 21.8. The lowest BCUT2D eigenvalue weighted by Gasteiger charge is -2.27. The van der Waals surface area contributed by atoms with Crippen molar-refractivity contribution in [3.8, 4) is 0 Å². The molecule has 0 aliphatic carbocycles. The Morgan fingerprint density at radius 2 is 0.507 bits per heavy atom. The van der Waals surface area contributed by atoms with Gasteiger partial charge in [-0.05, 0) is 12.8 Å². The van der Waals surface area contributed by atoms with E-state index in [-0.39, 0.29) is 0 Å². The Morgan fingerprint density at radius 1 is 0.313 bits per heavy atom. The number of aliphatic hydroxyl groups excluding tert-OH is 4. The van der Waals surface area contributed by atoms with E-state index in [9.17, 15) is 25.2 Å². The van der Waals surface area contributed by atoms with E-state index in [1.165, 1.54) is 289 Å². The summed E-state index contributed by atoms with van der Waals surface area (Å²) < 4.78 is 0. The molecular formula is C61H123NO5. The zero-order valence-electron chi connectivity index (χ0n) is 45.7. The molecule has 0 heterocycles. The van der Waals surface area contributed by atoms with Crippen LogP contribution in [0.5, 0.6) is 0 Å². The van der Waals surface area contributed by atoms with Crippen LogP contribution in [0.3, 0.4) is 0 Å². The van der Waals surface area contributed by atoms with Crippen LogP contribution < -0.4 is 5.32 Å². The number of unbranched alkanes of at least 4 members (excludes halogenated alkanes) is 49. The van der Waals surface area contributed by atoms with Gasteiger partial charge >= 0.3 is 0 Å². The molecule has 6 nitrogen and oxygen atoms in total. The van der Waals surface area contributed by atoms with Gasteiger partial charge in [-0.2, -0.15) is 0 Å². The van der Waals surface area contributed by atoms with Crippen LogP contribution >= 0.6 is 0 Å². The first kappa shape index (κ1) is 66.3. The van der Waals surface area contributed by atoms with Gasteiger partial charge in [-0.3, -0.25) is 4.79 Å². The van der Waals surface area contributed by atoms with Gasteiger partial charge in [0.15, 0.2) is 0 Å². The van der Waals surface area contributed by atoms with Crippen molar-refractivity contribution >= 4 is 5.91 Å². The third-order valence-electron chi connectivity index (χ3n) is 15.1. The van der Waals surface area contributed by atoms with Gasteiger partial charge in [0.05, 0.1) is 18.8 Å². The molecule has 4 atom stereocenters. The fourth-order valence-corrected chi connectivity index (χ4v) is 10.2. The maximum absolute atomic E-state index is 12.6. The fraction of sp³-hybridized carbons (Fsp3) is 0.984. The second kappa shape index (κ2) is 56.2. The molecule has 6 heteroatoms. The van der Waals surface area contributed by atoms with Crippen LogP contribution in [0.2, 0.25) is 0 Å². The predicted octanol–water partition coefficient (Wildman–Crippen LogP) is 18.3. The summed E-state index contributed by atoms with van der Waals surface area (Å²) in [6, 6.07) is -0.980. The number of rotatable bonds is 58. The molecule has 0 aromatic rings. The molecule has 0 aliphatic heterocycles. The Morgan fingerprint density at radius 3 is 0.716 bits per heavy atom. The summed E-state index contributed by atoms with van der Waals surface area (Å²) in [5.41, 5.74) is 0. The molecule has 0 saturated carbocycles. The molecule has 0 aromatic heterocycles. The molecule has 0 bridgehead atoms. The maximum atomic E-state index is 12.6. The molecule has 0 aliphatic rings. The molecule has 0 fully saturated rings. The van der Waals surface area contributed by atoms with E-state index in [0.29, 0.717) is 12.8 Å². The highest BCUT2D eigenvalue weighted by molar-refractivity contribution is 5.80. The molecule has 0 saturated heterocycles. The molecule has 67 heavy (non-hydrogen) atoms. The van der Waals surface area contributed by atoms with Gasteiger partial charge in [-0.1, -0.05) is 341 Å². The number of carbonyl (C=O) groups is 1. The molecule has 0 rings (SSSR count). The lowest BCUT2D eigenvalue weighted by Crippen LogP contribution is -2.53. The zero-order valence-corrected chi connectivity index (χ0v) is 45.7. The van der Waals surface area contributed by atoms with Crippen LogP contribution in [0.25, 0.3) is 0 Å². The van der Waals surface area contributed by atoms with E-state index in [1.807, 2.05) is 0 Å². The lowest BCUT2D eigenvalue weighted by molar-refractivity contribution is -0.132. The Balaban J connectivity index is 3.47. The largest absolute Gasteiger partial charge is 0.394 e. The van der Waals surface area contributed by atoms with Crippen molar-refractivity contribution in [2.45, 2.75) is 379 Å². The van der Waals surface area contributed by atoms with Gasteiger partial charge < -0.3 is 25.7 Å². The van der Waals surface area contributed by atoms with E-state index in [0.717, 1.165) is 38.5 Å². The molecular weight excluding hydrogens is 827 g/mol. The average molecular weight is 951 g/mol. The number of nitrogens with one attached hydrogen (secondary N) is 1. The van der Waals surface area contributed by atoms with Gasteiger partial charge in [0.1, 0.15) is 12.2 Å². The summed E-state index contributed by atoms with van der Waals surface area (Å²) in [4.78, 5) is 12.6. The monoisotopic (exact) mass is 950 g/mol. The SMILES string of the molecule is CCCCCCCCCCCCCCCCCCCCCCCCCCCCCCCCCCCCCCC(O)C(=O)NC(CO)C(O)C(O)CCCCCCCCCCCCCCCCC. The van der Waals surface area contributed by atoms with E-state index < -0.39 is 36.9 Å². The number of hydrogen-bond donors (Lipinski definition) is 5. The smallest absolute Gasteiger partial charge is 0.249 e. The van der Waals surface area contributed by atoms with Crippen molar-refractivity contribution in [2.24, 2.45) is 0 Å². The summed E-state index contributed by atoms with van der Waals surface area (Å²) >= 11 is 0. The van der Waals surface area contributed by atoms with Crippen LogP contribution in [-0.2, 0) is 4.79 Å². The zero-order chi connectivity index (χ0) is 48.8. The van der Waals surface area contributed by atoms with E-state index in [4.69, 9.17) is 0 Å². The normalized spacial score (nSPS) is 13.6. The Kier molecular flexibility index (Phi) is 55.6. The Labute approximate surface area is 420 Å². The molecule has 5 N–H and O–H groups in total. The van der Waals surface area contributed by atoms with Crippen LogP contribution in [-0.4, -0.2) is 57.3 Å². The summed E-state index contributed by atoms with van der Waals surface area (Å²) in [5, 5.41) is 44.0. The second-order valence-electron chi connectivity index (χ2n) is 21.8. The van der Waals surface area contributed by atoms with Gasteiger partial charge in [-0.15, -0.1) is 0 Å². The van der Waals surface area contributed by atoms with E-state index in [1.54, 1.807) is 0 Å². The van der Waals surface area contributed by atoms with Gasteiger partial charge in [-0.25, -0.2) is 0 Å². The highest BCUT2D eigenvalue weighted by atomic mass is 16.3. The van der Waals surface area contributed by atoms with Crippen LogP contribution in [0.15, 0.2) is 0 Å². The van der Waals surface area contributed by atoms with Gasteiger partial charge in [0.2, 0.25) is 5.91 Å². The fourth-order valence-electron chi connectivity index (χ4n) is 10.2. The van der Waals surface area contributed by atoms with Crippen LogP contribution in [0.1, 0.15) is 354 Å². The maximum Gasteiger partial charge on any atom is 0.249 e.